The number of hydrogen-bond acceptors (Lipinski definition) is 3. The highest BCUT2D eigenvalue weighted by molar-refractivity contribution is 6.35. The fourth-order valence-corrected chi connectivity index (χ4v) is 2.21. The van der Waals surface area contributed by atoms with E-state index >= 15 is 0 Å². The van der Waals surface area contributed by atoms with Gasteiger partial charge in [0.25, 0.3) is 0 Å². The van der Waals surface area contributed by atoms with E-state index in [1.54, 1.807) is 13.8 Å². The Hall–Kier alpha value is -2.17. The minimum absolute atomic E-state index is 0.0729. The van der Waals surface area contributed by atoms with Crippen molar-refractivity contribution in [1.29, 1.82) is 0 Å². The number of carbonyl (C=O) groups excluding carboxylic acids is 2. The zero-order chi connectivity index (χ0) is 14.5. The Labute approximate surface area is 118 Å². The molecule has 1 aromatic rings. The fraction of sp³-hybridized carbons (Fsp3) is 0.400. The Morgan fingerprint density at radius 3 is 2.65 bits per heavy atom. The number of hydrogen-bond donors (Lipinski definition) is 2. The normalized spacial score (nSPS) is 15.8. The largest absolute Gasteiger partial charge is 0.346 e. The number of rotatable bonds is 2. The van der Waals surface area contributed by atoms with Crippen LogP contribution in [0.5, 0.6) is 0 Å². The van der Waals surface area contributed by atoms with Gasteiger partial charge in [0.2, 0.25) is 0 Å². The summed E-state index contributed by atoms with van der Waals surface area (Å²) in [6.07, 6.45) is 2.84. The molecule has 1 aliphatic rings. The first-order valence-electron chi connectivity index (χ1n) is 6.83. The summed E-state index contributed by atoms with van der Waals surface area (Å²) in [6, 6.07) is 7.94. The molecule has 2 rings (SSSR count). The second-order valence-corrected chi connectivity index (χ2v) is 5.14. The molecule has 20 heavy (non-hydrogen) atoms. The van der Waals surface area contributed by atoms with Crippen LogP contribution < -0.4 is 10.7 Å². The standard InChI is InChI=1S/C15H19N3O2/c1-10(2)16-14(19)15(20)18-17-13-9-5-7-11-6-3-4-8-12(11)13/h3-4,6,8,10H,5,7,9H2,1-2H3,(H,16,19)(H,18,20)/b17-13-. The molecule has 106 valence electrons. The molecule has 0 fully saturated rings. The van der Waals surface area contributed by atoms with Crippen LogP contribution in [0.25, 0.3) is 0 Å². The van der Waals surface area contributed by atoms with Crippen LogP contribution in [-0.4, -0.2) is 23.6 Å². The highest BCUT2D eigenvalue weighted by Gasteiger charge is 2.17. The summed E-state index contributed by atoms with van der Waals surface area (Å²) < 4.78 is 0. The molecule has 5 heteroatoms. The number of nitrogens with one attached hydrogen (secondary N) is 2. The number of carbonyl (C=O) groups is 2. The topological polar surface area (TPSA) is 70.6 Å². The van der Waals surface area contributed by atoms with Gasteiger partial charge in [-0.15, -0.1) is 0 Å². The van der Waals surface area contributed by atoms with E-state index in [0.29, 0.717) is 0 Å². The van der Waals surface area contributed by atoms with Gasteiger partial charge in [0.05, 0.1) is 5.71 Å². The van der Waals surface area contributed by atoms with Crippen molar-refractivity contribution in [2.45, 2.75) is 39.2 Å². The third kappa shape index (κ3) is 3.44. The zero-order valence-corrected chi connectivity index (χ0v) is 11.8. The van der Waals surface area contributed by atoms with Gasteiger partial charge < -0.3 is 5.32 Å². The second kappa shape index (κ2) is 6.32. The summed E-state index contributed by atoms with van der Waals surface area (Å²) in [7, 11) is 0. The van der Waals surface area contributed by atoms with Gasteiger partial charge in [-0.05, 0) is 38.7 Å². The molecule has 1 aromatic carbocycles. The van der Waals surface area contributed by atoms with Gasteiger partial charge in [0, 0.05) is 11.6 Å². The van der Waals surface area contributed by atoms with Gasteiger partial charge in [0.1, 0.15) is 0 Å². The van der Waals surface area contributed by atoms with Crippen LogP contribution in [0.1, 0.15) is 37.8 Å². The maximum Gasteiger partial charge on any atom is 0.329 e. The van der Waals surface area contributed by atoms with Gasteiger partial charge in [0.15, 0.2) is 0 Å². The molecule has 0 spiro atoms. The Bertz CT molecular complexity index is 550. The first kappa shape index (κ1) is 14.2. The minimum Gasteiger partial charge on any atom is -0.346 e. The highest BCUT2D eigenvalue weighted by atomic mass is 16.2. The van der Waals surface area contributed by atoms with E-state index in [1.165, 1.54) is 5.56 Å². The second-order valence-electron chi connectivity index (χ2n) is 5.14. The van der Waals surface area contributed by atoms with Crippen molar-refractivity contribution < 1.29 is 9.59 Å². The summed E-state index contributed by atoms with van der Waals surface area (Å²) in [5.74, 6) is -1.39. The Kier molecular flexibility index (Phi) is 4.50. The van der Waals surface area contributed by atoms with Crippen molar-refractivity contribution >= 4 is 17.5 Å². The average Bonchev–Trinajstić information content (AvgIpc) is 2.44. The number of amides is 2. The molecule has 1 aliphatic carbocycles. The minimum atomic E-state index is -0.728. The molecule has 0 aromatic heterocycles. The van der Waals surface area contributed by atoms with Crippen molar-refractivity contribution in [3.05, 3.63) is 35.4 Å². The first-order chi connectivity index (χ1) is 9.58. The summed E-state index contributed by atoms with van der Waals surface area (Å²) in [5, 5.41) is 6.64. The van der Waals surface area contributed by atoms with Crippen molar-refractivity contribution in [3.63, 3.8) is 0 Å². The molecule has 5 nitrogen and oxygen atoms in total. The predicted molar refractivity (Wildman–Crippen MR) is 77.3 cm³/mol. The number of aryl methyl sites for hydroxylation is 1. The smallest absolute Gasteiger partial charge is 0.329 e. The van der Waals surface area contributed by atoms with Gasteiger partial charge in [-0.2, -0.15) is 5.10 Å². The summed E-state index contributed by atoms with van der Waals surface area (Å²) >= 11 is 0. The number of fused-ring (bicyclic) bond motifs is 1. The van der Waals surface area contributed by atoms with Gasteiger partial charge in [-0.25, -0.2) is 5.43 Å². The van der Waals surface area contributed by atoms with Gasteiger partial charge in [-0.3, -0.25) is 9.59 Å². The molecular weight excluding hydrogens is 254 g/mol. The van der Waals surface area contributed by atoms with E-state index in [2.05, 4.69) is 21.9 Å². The third-order valence-electron chi connectivity index (χ3n) is 3.11. The van der Waals surface area contributed by atoms with Crippen LogP contribution in [-0.2, 0) is 16.0 Å². The zero-order valence-electron chi connectivity index (χ0n) is 11.8. The number of hydrazone groups is 1. The molecule has 0 saturated carbocycles. The lowest BCUT2D eigenvalue weighted by Crippen LogP contribution is -2.41. The van der Waals surface area contributed by atoms with Crippen LogP contribution in [0.3, 0.4) is 0 Å². The SMILES string of the molecule is CC(C)NC(=O)C(=O)N/N=C1/CCCc2ccccc21. The van der Waals surface area contributed by atoms with Crippen molar-refractivity contribution in [1.82, 2.24) is 10.7 Å². The molecule has 0 radical (unpaired) electrons. The van der Waals surface area contributed by atoms with E-state index in [1.807, 2.05) is 18.2 Å². The molecule has 2 amide bonds. The molecule has 0 heterocycles. The monoisotopic (exact) mass is 273 g/mol. The van der Waals surface area contributed by atoms with E-state index < -0.39 is 11.8 Å². The summed E-state index contributed by atoms with van der Waals surface area (Å²) in [6.45, 7) is 3.60. The molecule has 0 bridgehead atoms. The Balaban J connectivity index is 2.06. The van der Waals surface area contributed by atoms with E-state index in [0.717, 1.165) is 30.5 Å². The lowest BCUT2D eigenvalue weighted by atomic mass is 9.90. The number of benzene rings is 1. The predicted octanol–water partition coefficient (Wildman–Crippen LogP) is 1.37. The molecule has 0 aliphatic heterocycles. The van der Waals surface area contributed by atoms with Crippen molar-refractivity contribution in [3.8, 4) is 0 Å². The molecule has 0 unspecified atom stereocenters. The average molecular weight is 273 g/mol. The Morgan fingerprint density at radius 2 is 1.90 bits per heavy atom. The maximum absolute atomic E-state index is 11.6. The lowest BCUT2D eigenvalue weighted by molar-refractivity contribution is -0.139. The quantitative estimate of drug-likeness (QED) is 0.631. The van der Waals surface area contributed by atoms with Crippen molar-refractivity contribution in [2.75, 3.05) is 0 Å². The molecule has 0 atom stereocenters. The fourth-order valence-electron chi connectivity index (χ4n) is 2.21. The summed E-state index contributed by atoms with van der Waals surface area (Å²) in [5.41, 5.74) is 5.46. The maximum atomic E-state index is 11.6. The van der Waals surface area contributed by atoms with Crippen LogP contribution in [0.4, 0.5) is 0 Å². The van der Waals surface area contributed by atoms with Crippen LogP contribution in [0.15, 0.2) is 29.4 Å². The third-order valence-corrected chi connectivity index (χ3v) is 3.11. The van der Waals surface area contributed by atoms with Crippen molar-refractivity contribution in [2.24, 2.45) is 5.10 Å². The highest BCUT2D eigenvalue weighted by Crippen LogP contribution is 2.20. The van der Waals surface area contributed by atoms with E-state index in [4.69, 9.17) is 0 Å². The van der Waals surface area contributed by atoms with E-state index in [9.17, 15) is 9.59 Å². The lowest BCUT2D eigenvalue weighted by Gasteiger charge is -2.17. The van der Waals surface area contributed by atoms with Crippen LogP contribution in [0, 0.1) is 0 Å². The van der Waals surface area contributed by atoms with Crippen LogP contribution >= 0.6 is 0 Å². The first-order valence-corrected chi connectivity index (χ1v) is 6.83. The van der Waals surface area contributed by atoms with Gasteiger partial charge >= 0.3 is 11.8 Å². The summed E-state index contributed by atoms with van der Waals surface area (Å²) in [4.78, 5) is 23.1. The number of nitrogens with zero attached hydrogens (tertiary/aromatic N) is 1. The molecule has 0 saturated heterocycles. The molecule has 2 N–H and O–H groups in total. The van der Waals surface area contributed by atoms with Crippen LogP contribution in [0.2, 0.25) is 0 Å². The van der Waals surface area contributed by atoms with E-state index in [-0.39, 0.29) is 6.04 Å². The Morgan fingerprint density at radius 1 is 1.15 bits per heavy atom. The molecular formula is C15H19N3O2. The van der Waals surface area contributed by atoms with Gasteiger partial charge in [-0.1, -0.05) is 24.3 Å².